The van der Waals surface area contributed by atoms with Crippen molar-refractivity contribution < 1.29 is 0 Å². The first-order valence-electron chi connectivity index (χ1n) is 6.41. The molecule has 1 N–H and O–H groups in total. The zero-order valence-corrected chi connectivity index (χ0v) is 12.2. The molecule has 20 heavy (non-hydrogen) atoms. The lowest BCUT2D eigenvalue weighted by atomic mass is 10.2. The van der Waals surface area contributed by atoms with Crippen LogP contribution < -0.4 is 10.9 Å². The number of para-hydroxylation sites is 1. The van der Waals surface area contributed by atoms with Gasteiger partial charge in [-0.15, -0.1) is 11.3 Å². The Morgan fingerprint density at radius 1 is 1.30 bits per heavy atom. The fraction of sp³-hybridized carbons (Fsp3) is 0.200. The average molecular weight is 285 g/mol. The fourth-order valence-electron chi connectivity index (χ4n) is 2.15. The molecule has 102 valence electrons. The van der Waals surface area contributed by atoms with E-state index in [1.165, 1.54) is 16.9 Å². The van der Waals surface area contributed by atoms with E-state index < -0.39 is 0 Å². The number of nitrogens with zero attached hydrogens (tertiary/aromatic N) is 2. The minimum atomic E-state index is -0.0182. The van der Waals surface area contributed by atoms with Crippen molar-refractivity contribution >= 4 is 22.0 Å². The van der Waals surface area contributed by atoms with Crippen LogP contribution in [0.15, 0.2) is 40.5 Å². The van der Waals surface area contributed by atoms with Crippen LogP contribution in [0.3, 0.4) is 0 Å². The smallest absolute Gasteiger partial charge is 0.259 e. The van der Waals surface area contributed by atoms with Crippen LogP contribution in [0.4, 0.5) is 5.69 Å². The minimum Gasteiger partial charge on any atom is -0.379 e. The summed E-state index contributed by atoms with van der Waals surface area (Å²) in [7, 11) is 0. The summed E-state index contributed by atoms with van der Waals surface area (Å²) in [5.74, 6) is 0. The number of thiazole rings is 1. The number of hydrogen-bond donors (Lipinski definition) is 1. The molecule has 0 saturated heterocycles. The Morgan fingerprint density at radius 3 is 2.90 bits per heavy atom. The summed E-state index contributed by atoms with van der Waals surface area (Å²) in [6.07, 6.45) is 0. The zero-order valence-electron chi connectivity index (χ0n) is 11.4. The number of fused-ring (bicyclic) bond motifs is 1. The van der Waals surface area contributed by atoms with Gasteiger partial charge in [0, 0.05) is 22.8 Å². The molecule has 0 saturated carbocycles. The standard InChI is InChI=1S/C15H15N3OS/c1-10-5-3-4-6-13(10)16-8-12-7-14(19)18-11(2)9-20-15(18)17-12/h3-7,9,16H,8H2,1-2H3. The van der Waals surface area contributed by atoms with Crippen molar-refractivity contribution in [2.45, 2.75) is 20.4 Å². The van der Waals surface area contributed by atoms with E-state index >= 15 is 0 Å². The van der Waals surface area contributed by atoms with Crippen LogP contribution in [0.2, 0.25) is 0 Å². The molecular weight excluding hydrogens is 270 g/mol. The third-order valence-corrected chi connectivity index (χ3v) is 4.18. The van der Waals surface area contributed by atoms with Crippen molar-refractivity contribution in [3.05, 3.63) is 63.0 Å². The topological polar surface area (TPSA) is 46.4 Å². The van der Waals surface area contributed by atoms with Crippen LogP contribution in [0.5, 0.6) is 0 Å². The normalized spacial score (nSPS) is 10.9. The summed E-state index contributed by atoms with van der Waals surface area (Å²) in [6, 6.07) is 9.67. The third kappa shape index (κ3) is 2.32. The van der Waals surface area contributed by atoms with Crippen LogP contribution in [-0.4, -0.2) is 9.38 Å². The van der Waals surface area contributed by atoms with Gasteiger partial charge in [-0.3, -0.25) is 9.20 Å². The minimum absolute atomic E-state index is 0.0182. The van der Waals surface area contributed by atoms with Gasteiger partial charge in [-0.2, -0.15) is 0 Å². The van der Waals surface area contributed by atoms with Crippen LogP contribution >= 0.6 is 11.3 Å². The largest absolute Gasteiger partial charge is 0.379 e. The number of nitrogens with one attached hydrogen (secondary N) is 1. The Balaban J connectivity index is 1.89. The van der Waals surface area contributed by atoms with Crippen molar-refractivity contribution in [3.63, 3.8) is 0 Å². The predicted octanol–water partition coefficient (Wildman–Crippen LogP) is 2.98. The molecule has 0 unspecified atom stereocenters. The molecular formula is C15H15N3OS. The summed E-state index contributed by atoms with van der Waals surface area (Å²) in [5, 5.41) is 5.27. The van der Waals surface area contributed by atoms with Crippen LogP contribution in [0.25, 0.3) is 4.96 Å². The monoisotopic (exact) mass is 285 g/mol. The van der Waals surface area contributed by atoms with E-state index in [1.807, 2.05) is 30.5 Å². The van der Waals surface area contributed by atoms with Gasteiger partial charge >= 0.3 is 0 Å². The second kappa shape index (κ2) is 5.09. The first-order chi connectivity index (χ1) is 9.65. The molecule has 0 radical (unpaired) electrons. The molecule has 0 aliphatic carbocycles. The highest BCUT2D eigenvalue weighted by atomic mass is 32.1. The molecule has 0 aliphatic rings. The summed E-state index contributed by atoms with van der Waals surface area (Å²) >= 11 is 1.49. The van der Waals surface area contributed by atoms with Crippen LogP contribution in [0.1, 0.15) is 17.0 Å². The fourth-order valence-corrected chi connectivity index (χ4v) is 3.04. The van der Waals surface area contributed by atoms with Gasteiger partial charge in [0.1, 0.15) is 0 Å². The number of rotatable bonds is 3. The van der Waals surface area contributed by atoms with Crippen molar-refractivity contribution in [2.24, 2.45) is 0 Å². The molecule has 0 fully saturated rings. The Bertz CT molecular complexity index is 819. The first-order valence-corrected chi connectivity index (χ1v) is 7.29. The first kappa shape index (κ1) is 12.9. The molecule has 1 aromatic carbocycles. The quantitative estimate of drug-likeness (QED) is 0.804. The lowest BCUT2D eigenvalue weighted by Gasteiger charge is -2.08. The van der Waals surface area contributed by atoms with E-state index in [2.05, 4.69) is 23.3 Å². The Hall–Kier alpha value is -2.14. The number of anilines is 1. The molecule has 0 spiro atoms. The summed E-state index contributed by atoms with van der Waals surface area (Å²) in [4.78, 5) is 17.3. The molecule has 0 bridgehead atoms. The van der Waals surface area contributed by atoms with E-state index in [-0.39, 0.29) is 5.56 Å². The molecule has 5 heteroatoms. The Labute approximate surface area is 120 Å². The number of aromatic nitrogens is 2. The molecule has 2 heterocycles. The summed E-state index contributed by atoms with van der Waals surface area (Å²) in [5.41, 5.74) is 3.92. The number of benzene rings is 1. The molecule has 3 rings (SSSR count). The van der Waals surface area contributed by atoms with Gasteiger partial charge in [-0.25, -0.2) is 4.98 Å². The molecule has 0 amide bonds. The lowest BCUT2D eigenvalue weighted by Crippen LogP contribution is -2.16. The van der Waals surface area contributed by atoms with E-state index in [4.69, 9.17) is 0 Å². The number of hydrogen-bond acceptors (Lipinski definition) is 4. The second-order valence-electron chi connectivity index (χ2n) is 4.75. The highest BCUT2D eigenvalue weighted by Crippen LogP contribution is 2.15. The van der Waals surface area contributed by atoms with E-state index in [0.717, 1.165) is 22.0 Å². The van der Waals surface area contributed by atoms with Gasteiger partial charge in [-0.1, -0.05) is 18.2 Å². The molecule has 3 aromatic rings. The molecule has 4 nitrogen and oxygen atoms in total. The van der Waals surface area contributed by atoms with E-state index in [9.17, 15) is 4.79 Å². The van der Waals surface area contributed by atoms with Crippen molar-refractivity contribution in [1.82, 2.24) is 9.38 Å². The maximum Gasteiger partial charge on any atom is 0.259 e. The van der Waals surface area contributed by atoms with Gasteiger partial charge in [0.25, 0.3) is 5.56 Å². The average Bonchev–Trinajstić information content (AvgIpc) is 2.80. The van der Waals surface area contributed by atoms with Crippen molar-refractivity contribution in [1.29, 1.82) is 0 Å². The predicted molar refractivity (Wildman–Crippen MR) is 82.6 cm³/mol. The summed E-state index contributed by atoms with van der Waals surface area (Å²) < 4.78 is 1.64. The summed E-state index contributed by atoms with van der Waals surface area (Å²) in [6.45, 7) is 4.52. The van der Waals surface area contributed by atoms with Crippen LogP contribution in [0, 0.1) is 13.8 Å². The van der Waals surface area contributed by atoms with E-state index in [1.54, 1.807) is 10.5 Å². The van der Waals surface area contributed by atoms with Gasteiger partial charge in [-0.05, 0) is 25.5 Å². The SMILES string of the molecule is Cc1ccccc1NCc1cc(=O)n2c(C)csc2n1. The second-order valence-corrected chi connectivity index (χ2v) is 5.59. The van der Waals surface area contributed by atoms with Gasteiger partial charge < -0.3 is 5.32 Å². The highest BCUT2D eigenvalue weighted by Gasteiger charge is 2.06. The van der Waals surface area contributed by atoms with Gasteiger partial charge in [0.05, 0.1) is 12.2 Å². The van der Waals surface area contributed by atoms with Crippen molar-refractivity contribution in [3.8, 4) is 0 Å². The molecule has 0 aliphatic heterocycles. The zero-order chi connectivity index (χ0) is 14.1. The molecule has 0 atom stereocenters. The highest BCUT2D eigenvalue weighted by molar-refractivity contribution is 7.15. The number of aryl methyl sites for hydroxylation is 2. The van der Waals surface area contributed by atoms with Crippen molar-refractivity contribution in [2.75, 3.05) is 5.32 Å². The lowest BCUT2D eigenvalue weighted by molar-refractivity contribution is 0.965. The maximum absolute atomic E-state index is 12.1. The van der Waals surface area contributed by atoms with Gasteiger partial charge in [0.15, 0.2) is 4.96 Å². The third-order valence-electron chi connectivity index (χ3n) is 3.23. The van der Waals surface area contributed by atoms with E-state index in [0.29, 0.717) is 6.54 Å². The van der Waals surface area contributed by atoms with Gasteiger partial charge in [0.2, 0.25) is 0 Å². The maximum atomic E-state index is 12.1. The Kier molecular flexibility index (Phi) is 3.28. The molecule has 2 aromatic heterocycles. The Morgan fingerprint density at radius 2 is 2.10 bits per heavy atom. The van der Waals surface area contributed by atoms with Crippen LogP contribution in [-0.2, 0) is 6.54 Å².